The summed E-state index contributed by atoms with van der Waals surface area (Å²) in [6, 6.07) is 22.0. The van der Waals surface area contributed by atoms with Crippen molar-refractivity contribution in [2.75, 3.05) is 64.2 Å². The summed E-state index contributed by atoms with van der Waals surface area (Å²) in [7, 11) is 0. The maximum atomic E-state index is 12.0. The Kier molecular flexibility index (Phi) is 12.2. The number of hydrogen-bond donors (Lipinski definition) is 3. The lowest BCUT2D eigenvalue weighted by molar-refractivity contribution is 0.00988. The van der Waals surface area contributed by atoms with Crippen molar-refractivity contribution in [3.63, 3.8) is 0 Å². The normalized spacial score (nSPS) is 12.7. The number of aliphatic imine (C=N–C) groups is 1. The van der Waals surface area contributed by atoms with Crippen molar-refractivity contribution in [3.05, 3.63) is 94.5 Å². The second-order valence-corrected chi connectivity index (χ2v) is 9.96. The van der Waals surface area contributed by atoms with Crippen LogP contribution in [0.3, 0.4) is 0 Å². The molecule has 0 radical (unpaired) electrons. The van der Waals surface area contributed by atoms with Crippen molar-refractivity contribution in [2.45, 2.75) is 6.92 Å². The zero-order chi connectivity index (χ0) is 30.4. The first-order valence-corrected chi connectivity index (χ1v) is 14.4. The van der Waals surface area contributed by atoms with E-state index in [0.717, 1.165) is 11.1 Å². The van der Waals surface area contributed by atoms with Crippen LogP contribution >= 0.6 is 11.6 Å². The number of hydrogen-bond acceptors (Lipinski definition) is 8. The fourth-order valence-corrected chi connectivity index (χ4v) is 4.50. The molecule has 1 aliphatic heterocycles. The molecular formula is C32H36ClN5O5. The first kappa shape index (κ1) is 31.8. The van der Waals surface area contributed by atoms with Crippen LogP contribution in [-0.4, -0.2) is 82.6 Å². The molecule has 0 aliphatic carbocycles. The molecule has 0 bridgehead atoms. The molecule has 3 N–H and O–H groups in total. The first-order chi connectivity index (χ1) is 20.9. The number of halogens is 1. The molecule has 1 heterocycles. The van der Waals surface area contributed by atoms with Gasteiger partial charge in [0, 0.05) is 28.3 Å². The highest BCUT2D eigenvalue weighted by molar-refractivity contribution is 6.31. The molecule has 0 saturated carbocycles. The van der Waals surface area contributed by atoms with E-state index < -0.39 is 0 Å². The lowest BCUT2D eigenvalue weighted by Gasteiger charge is -2.24. The van der Waals surface area contributed by atoms with Crippen molar-refractivity contribution < 1.29 is 23.7 Å². The zero-order valence-corrected chi connectivity index (χ0v) is 24.9. The second kappa shape index (κ2) is 16.5. The number of carbonyl (C=O) groups is 1. The van der Waals surface area contributed by atoms with E-state index in [4.69, 9.17) is 46.4 Å². The Hall–Kier alpha value is -4.09. The number of amides is 1. The number of amidine groups is 2. The van der Waals surface area contributed by atoms with Gasteiger partial charge < -0.3 is 24.3 Å². The maximum Gasteiger partial charge on any atom is 0.251 e. The average molecular weight is 606 g/mol. The van der Waals surface area contributed by atoms with Crippen LogP contribution < -0.4 is 15.0 Å². The summed E-state index contributed by atoms with van der Waals surface area (Å²) in [5, 5.41) is 20.1. The Balaban J connectivity index is 1.15. The highest BCUT2D eigenvalue weighted by atomic mass is 35.5. The Bertz CT molecular complexity index is 1420. The van der Waals surface area contributed by atoms with Crippen LogP contribution in [0.4, 0.5) is 5.69 Å². The summed E-state index contributed by atoms with van der Waals surface area (Å²) in [5.41, 5.74) is 3.66. The lowest BCUT2D eigenvalue weighted by Crippen LogP contribution is -2.35. The quantitative estimate of drug-likeness (QED) is 0.129. The Morgan fingerprint density at radius 1 is 0.907 bits per heavy atom. The number of carbonyl (C=O) groups excluding carboxylic acids is 1. The van der Waals surface area contributed by atoms with Crippen LogP contribution in [0.5, 0.6) is 5.75 Å². The topological polar surface area (TPSA) is 129 Å². The number of ether oxygens (including phenoxy) is 4. The van der Waals surface area contributed by atoms with E-state index in [-0.39, 0.29) is 24.1 Å². The van der Waals surface area contributed by atoms with E-state index in [1.54, 1.807) is 36.1 Å². The molecule has 0 atom stereocenters. The van der Waals surface area contributed by atoms with Crippen LogP contribution in [0.2, 0.25) is 5.02 Å². The number of nitrogens with one attached hydrogen (secondary N) is 3. The van der Waals surface area contributed by atoms with Crippen LogP contribution in [0.25, 0.3) is 0 Å². The predicted molar refractivity (Wildman–Crippen MR) is 169 cm³/mol. The minimum atomic E-state index is -0.119. The Morgan fingerprint density at radius 2 is 1.56 bits per heavy atom. The highest BCUT2D eigenvalue weighted by Crippen LogP contribution is 2.31. The van der Waals surface area contributed by atoms with Crippen molar-refractivity contribution >= 4 is 40.6 Å². The van der Waals surface area contributed by atoms with E-state index in [1.165, 1.54) is 0 Å². The molecule has 0 aromatic heterocycles. The van der Waals surface area contributed by atoms with Gasteiger partial charge in [0.15, 0.2) is 0 Å². The lowest BCUT2D eigenvalue weighted by atomic mass is 9.99. The van der Waals surface area contributed by atoms with Crippen LogP contribution in [0.1, 0.15) is 28.4 Å². The molecule has 0 saturated heterocycles. The molecule has 0 unspecified atom stereocenters. The van der Waals surface area contributed by atoms with Gasteiger partial charge in [-0.25, -0.2) is 0 Å². The fraction of sp³-hybridized carbons (Fsp3) is 0.312. The third-order valence-corrected chi connectivity index (χ3v) is 6.63. The number of benzene rings is 3. The van der Waals surface area contributed by atoms with E-state index in [0.29, 0.717) is 80.5 Å². The van der Waals surface area contributed by atoms with Gasteiger partial charge in [0.2, 0.25) is 0 Å². The monoisotopic (exact) mass is 605 g/mol. The predicted octanol–water partition coefficient (Wildman–Crippen LogP) is 4.83. The van der Waals surface area contributed by atoms with E-state index in [2.05, 4.69) is 5.32 Å². The Morgan fingerprint density at radius 3 is 2.23 bits per heavy atom. The van der Waals surface area contributed by atoms with Gasteiger partial charge >= 0.3 is 0 Å². The molecule has 226 valence electrons. The minimum Gasteiger partial charge on any atom is -0.491 e. The number of anilines is 1. The molecule has 43 heavy (non-hydrogen) atoms. The number of fused-ring (bicyclic) bond motifs is 1. The molecule has 4 rings (SSSR count). The molecule has 0 spiro atoms. The van der Waals surface area contributed by atoms with Crippen LogP contribution in [-0.2, 0) is 14.2 Å². The Labute approximate surface area is 256 Å². The summed E-state index contributed by atoms with van der Waals surface area (Å²) < 4.78 is 22.6. The van der Waals surface area contributed by atoms with Crippen molar-refractivity contribution in [1.82, 2.24) is 5.32 Å². The molecule has 3 aromatic carbocycles. The van der Waals surface area contributed by atoms with Crippen molar-refractivity contribution in [3.8, 4) is 5.75 Å². The average Bonchev–Trinajstić information content (AvgIpc) is 3.15. The van der Waals surface area contributed by atoms with Crippen LogP contribution in [0.15, 0.2) is 77.8 Å². The van der Waals surface area contributed by atoms with Crippen molar-refractivity contribution in [1.29, 1.82) is 10.8 Å². The minimum absolute atomic E-state index is 0.119. The van der Waals surface area contributed by atoms with Gasteiger partial charge in [-0.05, 0) is 49.4 Å². The summed E-state index contributed by atoms with van der Waals surface area (Å²) in [5.74, 6) is 0.974. The summed E-state index contributed by atoms with van der Waals surface area (Å²) in [4.78, 5) is 18.2. The third kappa shape index (κ3) is 9.45. The van der Waals surface area contributed by atoms with Gasteiger partial charge in [0.25, 0.3) is 5.91 Å². The standard InChI is InChI=1S/C32H36ClN5O5/c1-23(34)38-29-12-11-27(21-28(29)31(37-22-30(38)35)24-7-9-26(33)10-8-24)43-20-19-42-18-17-41-16-15-40-14-13-36-32(39)25-5-3-2-4-6-25/h2-12,21,34-35H,13-20,22H2,1H3,(H,36,39). The smallest absolute Gasteiger partial charge is 0.251 e. The molecule has 1 aliphatic rings. The van der Waals surface area contributed by atoms with Gasteiger partial charge in [-0.2, -0.15) is 0 Å². The summed E-state index contributed by atoms with van der Waals surface area (Å²) in [6.07, 6.45) is 0. The molecule has 11 heteroatoms. The first-order valence-electron chi connectivity index (χ1n) is 14.0. The van der Waals surface area contributed by atoms with Crippen molar-refractivity contribution in [2.24, 2.45) is 4.99 Å². The molecular weight excluding hydrogens is 570 g/mol. The largest absolute Gasteiger partial charge is 0.491 e. The zero-order valence-electron chi connectivity index (χ0n) is 24.1. The van der Waals surface area contributed by atoms with Gasteiger partial charge in [-0.1, -0.05) is 41.9 Å². The van der Waals surface area contributed by atoms with Gasteiger partial charge in [0.1, 0.15) is 24.0 Å². The number of benzodiazepines with no additional fused rings is 1. The number of nitrogens with zero attached hydrogens (tertiary/aromatic N) is 2. The van der Waals surface area contributed by atoms with Crippen LogP contribution in [0, 0.1) is 10.8 Å². The highest BCUT2D eigenvalue weighted by Gasteiger charge is 2.25. The summed E-state index contributed by atoms with van der Waals surface area (Å²) in [6.45, 7) is 5.07. The van der Waals surface area contributed by atoms with Gasteiger partial charge in [-0.3, -0.25) is 25.5 Å². The third-order valence-electron chi connectivity index (χ3n) is 6.38. The SMILES string of the molecule is CC(=N)N1C(=N)CN=C(c2ccc(Cl)cc2)c2cc(OCCOCCOCCOCCNC(=O)c3ccccc3)ccc21. The van der Waals surface area contributed by atoms with E-state index in [9.17, 15) is 4.79 Å². The van der Waals surface area contributed by atoms with Gasteiger partial charge in [0.05, 0.1) is 57.6 Å². The molecule has 1 amide bonds. The van der Waals surface area contributed by atoms with E-state index >= 15 is 0 Å². The fourth-order valence-electron chi connectivity index (χ4n) is 4.37. The number of rotatable bonds is 15. The van der Waals surface area contributed by atoms with Gasteiger partial charge in [-0.15, -0.1) is 0 Å². The second-order valence-electron chi connectivity index (χ2n) is 9.53. The molecule has 3 aromatic rings. The maximum absolute atomic E-state index is 12.0. The summed E-state index contributed by atoms with van der Waals surface area (Å²) >= 11 is 6.10. The molecule has 0 fully saturated rings. The molecule has 10 nitrogen and oxygen atoms in total. The van der Waals surface area contributed by atoms with E-state index in [1.807, 2.05) is 48.5 Å².